The minimum atomic E-state index is 0.300. The largest absolute Gasteiger partial charge is 0.374 e. The quantitative estimate of drug-likeness (QED) is 0.833. The zero-order valence-corrected chi connectivity index (χ0v) is 11.9. The van der Waals surface area contributed by atoms with Crippen molar-refractivity contribution in [1.29, 1.82) is 0 Å². The maximum absolute atomic E-state index is 5.88. The molecule has 0 aromatic carbocycles. The van der Waals surface area contributed by atoms with Gasteiger partial charge in [-0.15, -0.1) is 0 Å². The van der Waals surface area contributed by atoms with E-state index in [1.165, 1.54) is 37.8 Å². The van der Waals surface area contributed by atoms with E-state index in [-0.39, 0.29) is 0 Å². The Balaban J connectivity index is 1.49. The summed E-state index contributed by atoms with van der Waals surface area (Å²) in [5.74, 6) is 0.936. The molecule has 1 saturated carbocycles. The second-order valence-corrected chi connectivity index (χ2v) is 6.14. The van der Waals surface area contributed by atoms with Crippen molar-refractivity contribution < 1.29 is 4.74 Å². The minimum absolute atomic E-state index is 0.300. The van der Waals surface area contributed by atoms with Crippen LogP contribution in [0.15, 0.2) is 12.4 Å². The van der Waals surface area contributed by atoms with Gasteiger partial charge < -0.3 is 4.74 Å². The predicted octanol–water partition coefficient (Wildman–Crippen LogP) is 2.08. The van der Waals surface area contributed by atoms with Gasteiger partial charge in [-0.2, -0.15) is 5.10 Å². The van der Waals surface area contributed by atoms with Crippen LogP contribution in [0.25, 0.3) is 0 Å². The molecule has 1 aliphatic heterocycles. The van der Waals surface area contributed by atoms with Crippen LogP contribution in [-0.2, 0) is 11.3 Å². The molecule has 0 spiro atoms. The number of aryl methyl sites for hydroxylation is 1. The standard InChI is InChI=1S/C15H25N3O/c1-13-8-16-18(9-13)12-15-11-17(6-7-19-15)10-14-4-2-3-5-14/h8-9,14-15H,2-7,10-12H2,1H3. The average Bonchev–Trinajstić information content (AvgIpc) is 3.02. The van der Waals surface area contributed by atoms with Crippen LogP contribution in [0.2, 0.25) is 0 Å². The van der Waals surface area contributed by atoms with Gasteiger partial charge in [0.25, 0.3) is 0 Å². The topological polar surface area (TPSA) is 30.3 Å². The third kappa shape index (κ3) is 3.57. The Morgan fingerprint density at radius 2 is 2.16 bits per heavy atom. The molecule has 1 aliphatic carbocycles. The molecule has 0 bridgehead atoms. The van der Waals surface area contributed by atoms with Gasteiger partial charge in [0.15, 0.2) is 0 Å². The summed E-state index contributed by atoms with van der Waals surface area (Å²) >= 11 is 0. The zero-order valence-electron chi connectivity index (χ0n) is 11.9. The van der Waals surface area contributed by atoms with Gasteiger partial charge >= 0.3 is 0 Å². The highest BCUT2D eigenvalue weighted by atomic mass is 16.5. The van der Waals surface area contributed by atoms with Crippen molar-refractivity contribution in [3.63, 3.8) is 0 Å². The second-order valence-electron chi connectivity index (χ2n) is 6.14. The molecule has 1 aromatic rings. The van der Waals surface area contributed by atoms with Gasteiger partial charge in [-0.1, -0.05) is 12.8 Å². The first-order valence-electron chi connectivity index (χ1n) is 7.62. The molecule has 1 aromatic heterocycles. The number of aromatic nitrogens is 2. The van der Waals surface area contributed by atoms with Crippen LogP contribution < -0.4 is 0 Å². The molecular formula is C15H25N3O. The summed E-state index contributed by atoms with van der Waals surface area (Å²) in [7, 11) is 0. The lowest BCUT2D eigenvalue weighted by Crippen LogP contribution is -2.45. The number of rotatable bonds is 4. The van der Waals surface area contributed by atoms with Gasteiger partial charge in [0.2, 0.25) is 0 Å². The van der Waals surface area contributed by atoms with Crippen molar-refractivity contribution in [3.05, 3.63) is 18.0 Å². The summed E-state index contributed by atoms with van der Waals surface area (Å²) in [5.41, 5.74) is 1.22. The van der Waals surface area contributed by atoms with Crippen molar-refractivity contribution >= 4 is 0 Å². The molecule has 1 atom stereocenters. The van der Waals surface area contributed by atoms with E-state index in [4.69, 9.17) is 4.74 Å². The molecule has 19 heavy (non-hydrogen) atoms. The first-order valence-corrected chi connectivity index (χ1v) is 7.62. The van der Waals surface area contributed by atoms with Gasteiger partial charge in [0, 0.05) is 25.8 Å². The molecule has 3 rings (SSSR count). The molecule has 1 unspecified atom stereocenters. The Bertz CT molecular complexity index is 398. The van der Waals surface area contributed by atoms with Crippen molar-refractivity contribution in [2.24, 2.45) is 5.92 Å². The Morgan fingerprint density at radius 1 is 1.32 bits per heavy atom. The number of hydrogen-bond donors (Lipinski definition) is 0. The lowest BCUT2D eigenvalue weighted by Gasteiger charge is -2.34. The number of ether oxygens (including phenoxy) is 1. The second kappa shape index (κ2) is 6.06. The lowest BCUT2D eigenvalue weighted by molar-refractivity contribution is -0.0414. The summed E-state index contributed by atoms with van der Waals surface area (Å²) < 4.78 is 7.90. The van der Waals surface area contributed by atoms with E-state index in [1.807, 2.05) is 10.9 Å². The third-order valence-corrected chi connectivity index (χ3v) is 4.37. The Hall–Kier alpha value is -0.870. The van der Waals surface area contributed by atoms with Gasteiger partial charge in [-0.3, -0.25) is 9.58 Å². The van der Waals surface area contributed by atoms with Gasteiger partial charge in [0.05, 0.1) is 25.5 Å². The number of morpholine rings is 1. The van der Waals surface area contributed by atoms with Crippen LogP contribution in [0.1, 0.15) is 31.2 Å². The van der Waals surface area contributed by atoms with Crippen LogP contribution in [0.3, 0.4) is 0 Å². The fourth-order valence-electron chi connectivity index (χ4n) is 3.39. The Morgan fingerprint density at radius 3 is 2.89 bits per heavy atom. The molecule has 2 fully saturated rings. The van der Waals surface area contributed by atoms with Crippen LogP contribution in [0, 0.1) is 12.8 Å². The van der Waals surface area contributed by atoms with Crippen molar-refractivity contribution in [2.75, 3.05) is 26.2 Å². The molecular weight excluding hydrogens is 238 g/mol. The van der Waals surface area contributed by atoms with E-state index < -0.39 is 0 Å². The summed E-state index contributed by atoms with van der Waals surface area (Å²) in [5, 5.41) is 4.36. The maximum atomic E-state index is 5.88. The average molecular weight is 263 g/mol. The maximum Gasteiger partial charge on any atom is 0.0898 e. The summed E-state index contributed by atoms with van der Waals surface area (Å²) in [6.07, 6.45) is 10.0. The van der Waals surface area contributed by atoms with Gasteiger partial charge in [0.1, 0.15) is 0 Å². The van der Waals surface area contributed by atoms with Gasteiger partial charge in [-0.25, -0.2) is 0 Å². The first-order chi connectivity index (χ1) is 9.29. The summed E-state index contributed by atoms with van der Waals surface area (Å²) in [6.45, 7) is 7.28. The minimum Gasteiger partial charge on any atom is -0.374 e. The zero-order chi connectivity index (χ0) is 13.1. The van der Waals surface area contributed by atoms with Gasteiger partial charge in [-0.05, 0) is 31.2 Å². The van der Waals surface area contributed by atoms with Crippen molar-refractivity contribution in [1.82, 2.24) is 14.7 Å². The summed E-state index contributed by atoms with van der Waals surface area (Å²) in [4.78, 5) is 2.60. The molecule has 2 aliphatic rings. The molecule has 1 saturated heterocycles. The monoisotopic (exact) mass is 263 g/mol. The SMILES string of the molecule is Cc1cnn(CC2CN(CC3CCCC3)CCO2)c1. The molecule has 4 heteroatoms. The molecule has 4 nitrogen and oxygen atoms in total. The van der Waals surface area contributed by atoms with E-state index >= 15 is 0 Å². The molecule has 2 heterocycles. The normalized spacial score (nSPS) is 26.1. The van der Waals surface area contributed by atoms with Crippen molar-refractivity contribution in [2.45, 2.75) is 45.3 Å². The van der Waals surface area contributed by atoms with E-state index in [2.05, 4.69) is 23.1 Å². The fourth-order valence-corrected chi connectivity index (χ4v) is 3.39. The van der Waals surface area contributed by atoms with Crippen LogP contribution in [0.5, 0.6) is 0 Å². The summed E-state index contributed by atoms with van der Waals surface area (Å²) in [6, 6.07) is 0. The fraction of sp³-hybridized carbons (Fsp3) is 0.800. The molecule has 106 valence electrons. The van der Waals surface area contributed by atoms with Crippen molar-refractivity contribution in [3.8, 4) is 0 Å². The predicted molar refractivity (Wildman–Crippen MR) is 75.1 cm³/mol. The van der Waals surface area contributed by atoms with Crippen LogP contribution in [0.4, 0.5) is 0 Å². The Kier molecular flexibility index (Phi) is 4.18. The van der Waals surface area contributed by atoms with E-state index in [0.717, 1.165) is 32.2 Å². The number of hydrogen-bond acceptors (Lipinski definition) is 3. The van der Waals surface area contributed by atoms with E-state index in [1.54, 1.807) is 0 Å². The molecule has 0 radical (unpaired) electrons. The van der Waals surface area contributed by atoms with E-state index in [9.17, 15) is 0 Å². The van der Waals surface area contributed by atoms with E-state index in [0.29, 0.717) is 6.10 Å². The lowest BCUT2D eigenvalue weighted by atomic mass is 10.1. The highest BCUT2D eigenvalue weighted by Crippen LogP contribution is 2.26. The third-order valence-electron chi connectivity index (χ3n) is 4.37. The molecule has 0 N–H and O–H groups in total. The number of nitrogens with zero attached hydrogens (tertiary/aromatic N) is 3. The highest BCUT2D eigenvalue weighted by molar-refractivity contribution is 4.99. The highest BCUT2D eigenvalue weighted by Gasteiger charge is 2.24. The first kappa shape index (κ1) is 13.1. The van der Waals surface area contributed by atoms with Crippen LogP contribution >= 0.6 is 0 Å². The smallest absolute Gasteiger partial charge is 0.0898 e. The Labute approximate surface area is 115 Å². The van der Waals surface area contributed by atoms with Crippen LogP contribution in [-0.4, -0.2) is 47.0 Å². The molecule has 0 amide bonds.